The molecule has 4 nitrogen and oxygen atoms in total. The minimum Gasteiger partial charge on any atom is -0.303 e. The number of halogens is 7. The Morgan fingerprint density at radius 2 is 1.39 bits per heavy atom. The second-order valence-electron chi connectivity index (χ2n) is 5.17. The molecule has 0 radical (unpaired) electrons. The lowest BCUT2D eigenvalue weighted by molar-refractivity contribution is -0.0555. The van der Waals surface area contributed by atoms with E-state index in [1.54, 1.807) is 0 Å². The van der Waals surface area contributed by atoms with Crippen LogP contribution < -0.4 is 0 Å². The molecular formula is C11H18Br6ClO4P. The van der Waals surface area contributed by atoms with Gasteiger partial charge in [0.15, 0.2) is 0 Å². The van der Waals surface area contributed by atoms with Crippen LogP contribution in [0.1, 0.15) is 12.8 Å². The van der Waals surface area contributed by atoms with Crippen molar-refractivity contribution >= 4 is 115 Å². The molecule has 0 rings (SSSR count). The standard InChI is InChI=1S/C11H18Br6ClO4P/c12-3-8(16)1-11(2-9(17)4-13,22-23(19,20)21)10(5-14,6-15)7-18/h8-9H,1-7H2,(H2,19,20,21). The third-order valence-electron chi connectivity index (χ3n) is 3.46. The molecule has 0 aliphatic rings. The van der Waals surface area contributed by atoms with Gasteiger partial charge in [0, 0.05) is 42.3 Å². The van der Waals surface area contributed by atoms with Crippen LogP contribution in [-0.4, -0.2) is 52.2 Å². The summed E-state index contributed by atoms with van der Waals surface area (Å²) in [6, 6.07) is 0. The molecule has 140 valence electrons. The predicted molar refractivity (Wildman–Crippen MR) is 119 cm³/mol. The van der Waals surface area contributed by atoms with Crippen molar-refractivity contribution in [2.75, 3.05) is 27.2 Å². The summed E-state index contributed by atoms with van der Waals surface area (Å²) in [5.74, 6) is 0.174. The molecular weight excluding hydrogens is 742 g/mol. The van der Waals surface area contributed by atoms with Crippen LogP contribution in [-0.2, 0) is 9.09 Å². The van der Waals surface area contributed by atoms with E-state index in [2.05, 4.69) is 95.6 Å². The summed E-state index contributed by atoms with van der Waals surface area (Å²) in [6.45, 7) is 0. The molecule has 0 saturated heterocycles. The SMILES string of the molecule is O=P(O)(O)OC(CC(Br)CBr)(CC(Br)CBr)C(CCl)(CBr)CBr. The number of phosphoric acid groups is 1. The first kappa shape index (κ1) is 26.3. The molecule has 0 aromatic rings. The lowest BCUT2D eigenvalue weighted by Gasteiger charge is -2.49. The monoisotopic (exact) mass is 754 g/mol. The van der Waals surface area contributed by atoms with Gasteiger partial charge in [-0.1, -0.05) is 95.6 Å². The van der Waals surface area contributed by atoms with E-state index in [0.29, 0.717) is 34.2 Å². The lowest BCUT2D eigenvalue weighted by Crippen LogP contribution is -2.56. The largest absolute Gasteiger partial charge is 0.470 e. The highest BCUT2D eigenvalue weighted by Gasteiger charge is 2.55. The van der Waals surface area contributed by atoms with E-state index in [-0.39, 0.29) is 15.5 Å². The number of hydrogen-bond acceptors (Lipinski definition) is 2. The first-order valence-corrected chi connectivity index (χ1v) is 14.8. The number of hydrogen-bond donors (Lipinski definition) is 2. The van der Waals surface area contributed by atoms with E-state index in [1.165, 1.54) is 0 Å². The van der Waals surface area contributed by atoms with Gasteiger partial charge in [-0.25, -0.2) is 4.57 Å². The Hall–Kier alpha value is 3.28. The molecule has 0 amide bonds. The van der Waals surface area contributed by atoms with Crippen molar-refractivity contribution in [2.24, 2.45) is 5.41 Å². The van der Waals surface area contributed by atoms with Crippen molar-refractivity contribution in [2.45, 2.75) is 28.1 Å². The molecule has 0 aromatic carbocycles. The fourth-order valence-corrected chi connectivity index (χ4v) is 7.75. The summed E-state index contributed by atoms with van der Waals surface area (Å²) in [5.41, 5.74) is -1.86. The fourth-order valence-electron chi connectivity index (χ4n) is 2.21. The molecule has 0 aliphatic carbocycles. The predicted octanol–water partition coefficient (Wildman–Crippen LogP) is 5.95. The van der Waals surface area contributed by atoms with Crippen LogP contribution in [0.25, 0.3) is 0 Å². The molecule has 2 atom stereocenters. The highest BCUT2D eigenvalue weighted by atomic mass is 79.9. The van der Waals surface area contributed by atoms with E-state index in [9.17, 15) is 14.4 Å². The Labute approximate surface area is 192 Å². The van der Waals surface area contributed by atoms with Gasteiger partial charge < -0.3 is 9.79 Å². The Balaban J connectivity index is 6.13. The maximum atomic E-state index is 11.7. The molecule has 2 unspecified atom stereocenters. The summed E-state index contributed by atoms with van der Waals surface area (Å²) in [4.78, 5) is 19.0. The summed E-state index contributed by atoms with van der Waals surface area (Å²) in [5, 5.41) is 2.09. The Kier molecular flexibility index (Phi) is 13.7. The first-order chi connectivity index (χ1) is 10.5. The second-order valence-corrected chi connectivity index (χ2v) is 11.6. The molecule has 12 heteroatoms. The summed E-state index contributed by atoms with van der Waals surface area (Å²) in [7, 11) is -4.73. The van der Waals surface area contributed by atoms with Gasteiger partial charge in [-0.3, -0.25) is 4.52 Å². The summed E-state index contributed by atoms with van der Waals surface area (Å²) < 4.78 is 17.2. The van der Waals surface area contributed by atoms with Crippen LogP contribution in [0.3, 0.4) is 0 Å². The van der Waals surface area contributed by atoms with Crippen molar-refractivity contribution in [1.29, 1.82) is 0 Å². The molecule has 0 spiro atoms. The van der Waals surface area contributed by atoms with Gasteiger partial charge in [0.05, 0.1) is 5.60 Å². The van der Waals surface area contributed by atoms with Crippen molar-refractivity contribution in [3.63, 3.8) is 0 Å². The molecule has 23 heavy (non-hydrogen) atoms. The zero-order valence-electron chi connectivity index (χ0n) is 11.9. The van der Waals surface area contributed by atoms with E-state index in [0.717, 1.165) is 0 Å². The quantitative estimate of drug-likeness (QED) is 0.191. The normalized spacial score (nSPS) is 18.5. The molecule has 0 heterocycles. The maximum absolute atomic E-state index is 11.7. The first-order valence-electron chi connectivity index (χ1n) is 6.39. The molecule has 2 N–H and O–H groups in total. The topological polar surface area (TPSA) is 66.8 Å². The van der Waals surface area contributed by atoms with Gasteiger partial charge in [0.1, 0.15) is 0 Å². The van der Waals surface area contributed by atoms with Crippen LogP contribution in [0.4, 0.5) is 0 Å². The van der Waals surface area contributed by atoms with Crippen LogP contribution in [0.2, 0.25) is 0 Å². The summed E-state index contributed by atoms with van der Waals surface area (Å²) in [6.07, 6.45) is 0.755. The fraction of sp³-hybridized carbons (Fsp3) is 1.00. The number of alkyl halides is 7. The van der Waals surface area contributed by atoms with E-state index < -0.39 is 18.8 Å². The van der Waals surface area contributed by atoms with E-state index >= 15 is 0 Å². The zero-order chi connectivity index (χ0) is 18.3. The van der Waals surface area contributed by atoms with Crippen LogP contribution in [0, 0.1) is 5.41 Å². The van der Waals surface area contributed by atoms with Gasteiger partial charge >= 0.3 is 7.82 Å². The average Bonchev–Trinajstić information content (AvgIpc) is 2.47. The Morgan fingerprint density at radius 1 is 1.00 bits per heavy atom. The van der Waals surface area contributed by atoms with Gasteiger partial charge in [-0.15, -0.1) is 11.6 Å². The van der Waals surface area contributed by atoms with Gasteiger partial charge in [0.2, 0.25) is 0 Å². The maximum Gasteiger partial charge on any atom is 0.470 e. The van der Waals surface area contributed by atoms with E-state index in [4.69, 9.17) is 16.1 Å². The summed E-state index contributed by atoms with van der Waals surface area (Å²) >= 11 is 27.0. The van der Waals surface area contributed by atoms with Crippen molar-refractivity contribution in [1.82, 2.24) is 0 Å². The third-order valence-corrected chi connectivity index (χ3v) is 11.3. The van der Waals surface area contributed by atoms with Crippen molar-refractivity contribution in [3.8, 4) is 0 Å². The second kappa shape index (κ2) is 12.0. The molecule has 0 bridgehead atoms. The highest BCUT2D eigenvalue weighted by molar-refractivity contribution is 9.12. The number of rotatable bonds is 12. The van der Waals surface area contributed by atoms with Crippen LogP contribution >= 0.6 is 115 Å². The van der Waals surface area contributed by atoms with Crippen molar-refractivity contribution < 1.29 is 18.9 Å². The molecule has 0 aliphatic heterocycles. The highest BCUT2D eigenvalue weighted by Crippen LogP contribution is 2.55. The molecule has 0 fully saturated rings. The minimum absolute atomic E-state index is 0.0373. The Morgan fingerprint density at radius 3 is 1.61 bits per heavy atom. The zero-order valence-corrected chi connectivity index (χ0v) is 23.1. The third kappa shape index (κ3) is 8.04. The molecule has 0 saturated carbocycles. The molecule has 0 aromatic heterocycles. The van der Waals surface area contributed by atoms with E-state index in [1.807, 2.05) is 0 Å². The van der Waals surface area contributed by atoms with Crippen LogP contribution in [0.5, 0.6) is 0 Å². The smallest absolute Gasteiger partial charge is 0.303 e. The van der Waals surface area contributed by atoms with Crippen molar-refractivity contribution in [3.05, 3.63) is 0 Å². The van der Waals surface area contributed by atoms with Gasteiger partial charge in [-0.2, -0.15) is 0 Å². The van der Waals surface area contributed by atoms with Crippen LogP contribution in [0.15, 0.2) is 0 Å². The average molecular weight is 760 g/mol. The lowest BCUT2D eigenvalue weighted by atomic mass is 9.71. The minimum atomic E-state index is -4.73. The Bertz CT molecular complexity index is 374. The van der Waals surface area contributed by atoms with Gasteiger partial charge in [0.25, 0.3) is 0 Å². The number of phosphoric ester groups is 1. The van der Waals surface area contributed by atoms with Gasteiger partial charge in [-0.05, 0) is 12.8 Å².